The molecule has 182 valence electrons. The Bertz CT molecular complexity index is 1210. The lowest BCUT2D eigenvalue weighted by Gasteiger charge is -2.40. The van der Waals surface area contributed by atoms with Gasteiger partial charge in [0.2, 0.25) is 0 Å². The Morgan fingerprint density at radius 3 is 2.76 bits per heavy atom. The molecule has 1 aromatic rings. The van der Waals surface area contributed by atoms with Gasteiger partial charge >= 0.3 is 0 Å². The second-order valence-corrected chi connectivity index (χ2v) is 12.6. The summed E-state index contributed by atoms with van der Waals surface area (Å²) in [6.45, 7) is 5.19. The largest absolute Gasteiger partial charge is 0.380 e. The maximum atomic E-state index is 12.8. The quantitative estimate of drug-likeness (QED) is 0.328. The number of ether oxygens (including phenoxy) is 1. The fourth-order valence-electron chi connectivity index (χ4n) is 4.27. The first-order valence-corrected chi connectivity index (χ1v) is 13.7. The van der Waals surface area contributed by atoms with Gasteiger partial charge in [0.15, 0.2) is 14.6 Å². The summed E-state index contributed by atoms with van der Waals surface area (Å²) in [5.74, 6) is 11.1. The zero-order valence-electron chi connectivity index (χ0n) is 19.1. The van der Waals surface area contributed by atoms with Crippen molar-refractivity contribution in [2.45, 2.75) is 37.1 Å². The van der Waals surface area contributed by atoms with Gasteiger partial charge in [-0.1, -0.05) is 5.92 Å². The van der Waals surface area contributed by atoms with Crippen molar-refractivity contribution in [3.05, 3.63) is 21.4 Å². The van der Waals surface area contributed by atoms with Crippen molar-refractivity contribution in [2.75, 3.05) is 39.1 Å². The van der Waals surface area contributed by atoms with Crippen LogP contribution in [0.25, 0.3) is 0 Å². The number of amides is 2. The number of hydroxylamine groups is 1. The number of fused-ring (bicyclic) bond motifs is 1. The van der Waals surface area contributed by atoms with Crippen LogP contribution in [0.5, 0.6) is 0 Å². The van der Waals surface area contributed by atoms with Crippen molar-refractivity contribution in [3.63, 3.8) is 0 Å². The highest BCUT2D eigenvalue weighted by molar-refractivity contribution is 7.92. The first-order valence-electron chi connectivity index (χ1n) is 11.0. The highest BCUT2D eigenvalue weighted by Gasteiger charge is 2.44. The lowest BCUT2D eigenvalue weighted by atomic mass is 9.98. The molecule has 2 N–H and O–H groups in total. The molecule has 1 unspecified atom stereocenters. The normalized spacial score (nSPS) is 22.1. The van der Waals surface area contributed by atoms with Gasteiger partial charge in [-0.15, -0.1) is 11.3 Å². The average Bonchev–Trinajstić information content (AvgIpc) is 3.48. The fraction of sp³-hybridized carbons (Fsp3) is 0.565. The van der Waals surface area contributed by atoms with Crippen LogP contribution in [0, 0.1) is 29.6 Å². The van der Waals surface area contributed by atoms with Crippen LogP contribution in [0.3, 0.4) is 0 Å². The molecular weight excluding hydrogens is 478 g/mol. The molecule has 9 nitrogen and oxygen atoms in total. The minimum atomic E-state index is -3.82. The van der Waals surface area contributed by atoms with Gasteiger partial charge in [-0.3, -0.25) is 19.7 Å². The lowest BCUT2D eigenvalue weighted by Crippen LogP contribution is -2.51. The smallest absolute Gasteiger partial charge is 0.264 e. The van der Waals surface area contributed by atoms with E-state index in [0.717, 1.165) is 49.4 Å². The van der Waals surface area contributed by atoms with E-state index in [4.69, 9.17) is 9.94 Å². The molecule has 34 heavy (non-hydrogen) atoms. The molecule has 11 heteroatoms. The third-order valence-corrected chi connectivity index (χ3v) is 9.87. The third-order valence-electron chi connectivity index (χ3n) is 6.77. The number of nitrogens with one attached hydrogen (secondary N) is 1. The Labute approximate surface area is 203 Å². The number of rotatable bonds is 6. The zero-order chi connectivity index (χ0) is 24.5. The summed E-state index contributed by atoms with van der Waals surface area (Å²) in [5.41, 5.74) is 2.25. The number of nitrogens with zero attached hydrogens (tertiary/aromatic N) is 2. The summed E-state index contributed by atoms with van der Waals surface area (Å²) in [5, 5.41) is 8.94. The van der Waals surface area contributed by atoms with Gasteiger partial charge in [0.1, 0.15) is 0 Å². The molecule has 1 aromatic heterocycles. The van der Waals surface area contributed by atoms with Crippen molar-refractivity contribution in [1.29, 1.82) is 0 Å². The van der Waals surface area contributed by atoms with Gasteiger partial charge in [-0.05, 0) is 49.2 Å². The minimum absolute atomic E-state index is 0.0646. The lowest BCUT2D eigenvalue weighted by molar-refractivity contribution is -0.131. The molecule has 0 spiro atoms. The van der Waals surface area contributed by atoms with Crippen molar-refractivity contribution >= 4 is 33.0 Å². The van der Waals surface area contributed by atoms with Gasteiger partial charge in [0.05, 0.1) is 16.4 Å². The Morgan fingerprint density at radius 1 is 1.38 bits per heavy atom. The molecule has 0 bridgehead atoms. The SMILES string of the molecule is CC(CCN1Cc2cc(C#CC#CC3CN([C@H]4CCOC4)C3)sc2C1=O)(C(=O)NO)S(C)(=O)=O. The molecule has 2 atom stereocenters. The Morgan fingerprint density at radius 2 is 2.15 bits per heavy atom. The van der Waals surface area contributed by atoms with Crippen LogP contribution in [0.2, 0.25) is 0 Å². The van der Waals surface area contributed by atoms with Gasteiger partial charge in [-0.25, -0.2) is 13.9 Å². The highest BCUT2D eigenvalue weighted by atomic mass is 32.2. The van der Waals surface area contributed by atoms with E-state index in [1.54, 1.807) is 0 Å². The van der Waals surface area contributed by atoms with Crippen LogP contribution < -0.4 is 5.48 Å². The van der Waals surface area contributed by atoms with Crippen molar-refractivity contribution in [2.24, 2.45) is 5.92 Å². The number of sulfone groups is 1. The van der Waals surface area contributed by atoms with Crippen molar-refractivity contribution in [3.8, 4) is 23.7 Å². The predicted molar refractivity (Wildman–Crippen MR) is 126 cm³/mol. The molecule has 4 heterocycles. The summed E-state index contributed by atoms with van der Waals surface area (Å²) in [7, 11) is -3.82. The van der Waals surface area contributed by atoms with Crippen LogP contribution in [0.4, 0.5) is 0 Å². The molecule has 0 aromatic carbocycles. The molecule has 0 aliphatic carbocycles. The van der Waals surface area contributed by atoms with E-state index in [0.29, 0.717) is 23.4 Å². The first-order chi connectivity index (χ1) is 16.1. The Hall–Kier alpha value is -2.41. The molecule has 2 fully saturated rings. The average molecular weight is 506 g/mol. The maximum Gasteiger partial charge on any atom is 0.264 e. The van der Waals surface area contributed by atoms with E-state index in [1.165, 1.54) is 28.6 Å². The predicted octanol–water partition coefficient (Wildman–Crippen LogP) is 0.478. The maximum absolute atomic E-state index is 12.8. The van der Waals surface area contributed by atoms with Gasteiger partial charge < -0.3 is 9.64 Å². The summed E-state index contributed by atoms with van der Waals surface area (Å²) < 4.78 is 27.8. The number of thiophene rings is 1. The number of carbonyl (C=O) groups excluding carboxylic acids is 2. The zero-order valence-corrected chi connectivity index (χ0v) is 20.7. The van der Waals surface area contributed by atoms with Crippen molar-refractivity contribution < 1.29 is 28.0 Å². The molecular formula is C23H27N3O6S2. The topological polar surface area (TPSA) is 116 Å². The first kappa shape index (κ1) is 24.7. The summed E-state index contributed by atoms with van der Waals surface area (Å²) >= 11 is 1.29. The molecule has 4 rings (SSSR count). The number of hydrogen-bond donors (Lipinski definition) is 2. The van der Waals surface area contributed by atoms with Crippen LogP contribution in [-0.2, 0) is 25.9 Å². The second-order valence-electron chi connectivity index (χ2n) is 9.07. The number of hydrogen-bond acceptors (Lipinski definition) is 8. The van der Waals surface area contributed by atoms with E-state index < -0.39 is 20.5 Å². The molecule has 0 radical (unpaired) electrons. The third kappa shape index (κ3) is 4.85. The van der Waals surface area contributed by atoms with E-state index in [2.05, 4.69) is 28.6 Å². The highest BCUT2D eigenvalue weighted by Crippen LogP contribution is 2.32. The molecule has 3 aliphatic heterocycles. The molecule has 0 saturated carbocycles. The van der Waals surface area contributed by atoms with Crippen LogP contribution in [0.15, 0.2) is 6.07 Å². The summed E-state index contributed by atoms with van der Waals surface area (Å²) in [6.07, 6.45) is 1.89. The standard InChI is InChI=1S/C23H27N3O6S2/c1-23(22(28)24-29,34(2,30)31)8-9-25-14-17-11-19(33-20(17)21(25)27)6-4-3-5-16-12-26(13-16)18-7-10-32-15-18/h11,16,18,29H,7-10,12-15H2,1-2H3,(H,24,28)/t18-,23?/m0/s1. The number of carbonyl (C=O) groups is 2. The molecule has 2 saturated heterocycles. The van der Waals surface area contributed by atoms with Crippen LogP contribution in [0.1, 0.15) is 39.9 Å². The fourth-order valence-corrected chi connectivity index (χ4v) is 6.11. The van der Waals surface area contributed by atoms with E-state index in [-0.39, 0.29) is 18.9 Å². The van der Waals surface area contributed by atoms with Crippen LogP contribution >= 0.6 is 11.3 Å². The summed E-state index contributed by atoms with van der Waals surface area (Å²) in [6, 6.07) is 2.38. The van der Waals surface area contributed by atoms with Crippen molar-refractivity contribution in [1.82, 2.24) is 15.3 Å². The number of likely N-dealkylation sites (tertiary alicyclic amines) is 1. The Balaban J connectivity index is 1.31. The second kappa shape index (κ2) is 9.68. The van der Waals surface area contributed by atoms with Crippen LogP contribution in [-0.4, -0.2) is 85.1 Å². The monoisotopic (exact) mass is 505 g/mol. The molecule has 2 amide bonds. The molecule has 3 aliphatic rings. The van der Waals surface area contributed by atoms with Gasteiger partial charge in [0.25, 0.3) is 11.8 Å². The van der Waals surface area contributed by atoms with Gasteiger partial charge in [0, 0.05) is 51.0 Å². The van der Waals surface area contributed by atoms with E-state index in [9.17, 15) is 18.0 Å². The van der Waals surface area contributed by atoms with Gasteiger partial charge in [-0.2, -0.15) is 0 Å². The summed E-state index contributed by atoms with van der Waals surface area (Å²) in [4.78, 5) is 30.0. The Kier molecular flexibility index (Phi) is 7.04. The van der Waals surface area contributed by atoms with E-state index in [1.807, 2.05) is 6.07 Å². The minimum Gasteiger partial charge on any atom is -0.380 e. The van der Waals surface area contributed by atoms with E-state index >= 15 is 0 Å².